The third-order valence-corrected chi connectivity index (χ3v) is 1.92. The molecular formula is C9H19O5. The summed E-state index contributed by atoms with van der Waals surface area (Å²) in [7, 11) is 0. The fourth-order valence-corrected chi connectivity index (χ4v) is 1.18. The van der Waals surface area contributed by atoms with Gasteiger partial charge in [-0.3, -0.25) is 0 Å². The van der Waals surface area contributed by atoms with Crippen molar-refractivity contribution >= 4 is 0 Å². The van der Waals surface area contributed by atoms with Gasteiger partial charge in [0.2, 0.25) is 0 Å². The highest BCUT2D eigenvalue weighted by atomic mass is 17.6. The monoisotopic (exact) mass is 207 g/mol. The molecule has 1 unspecified atom stereocenters. The van der Waals surface area contributed by atoms with Crippen molar-refractivity contribution in [1.29, 1.82) is 0 Å². The second-order valence-electron chi connectivity index (χ2n) is 3.33. The molecule has 1 radical (unpaired) electrons. The zero-order valence-corrected chi connectivity index (χ0v) is 8.61. The van der Waals surface area contributed by atoms with Gasteiger partial charge in [0.25, 0.3) is 0 Å². The summed E-state index contributed by atoms with van der Waals surface area (Å²) in [5, 5.41) is 25.4. The molecule has 0 heterocycles. The molecule has 14 heavy (non-hydrogen) atoms. The van der Waals surface area contributed by atoms with E-state index in [9.17, 15) is 5.11 Å². The molecule has 0 aliphatic heterocycles. The zero-order chi connectivity index (χ0) is 10.6. The summed E-state index contributed by atoms with van der Waals surface area (Å²) in [5.41, 5.74) is 0. The van der Waals surface area contributed by atoms with Crippen LogP contribution in [0.4, 0.5) is 0 Å². The van der Waals surface area contributed by atoms with Crippen molar-refractivity contribution in [2.24, 2.45) is 0 Å². The molecule has 5 heteroatoms. The summed E-state index contributed by atoms with van der Waals surface area (Å²) in [5.74, 6) is 0. The summed E-state index contributed by atoms with van der Waals surface area (Å²) in [6.45, 7) is 2.10. The molecule has 0 aromatic heterocycles. The van der Waals surface area contributed by atoms with Gasteiger partial charge in [0.1, 0.15) is 0 Å². The van der Waals surface area contributed by atoms with Gasteiger partial charge in [0.15, 0.2) is 0 Å². The van der Waals surface area contributed by atoms with E-state index in [1.54, 1.807) is 6.92 Å². The predicted molar refractivity (Wildman–Crippen MR) is 48.6 cm³/mol. The smallest absolute Gasteiger partial charge is 0.0902 e. The Hall–Kier alpha value is -0.200. The first-order chi connectivity index (χ1) is 6.77. The summed E-state index contributed by atoms with van der Waals surface area (Å²) < 4.78 is 0. The molecule has 0 aliphatic rings. The van der Waals surface area contributed by atoms with Crippen molar-refractivity contribution < 1.29 is 25.3 Å². The largest absolute Gasteiger partial charge is 0.233 e. The van der Waals surface area contributed by atoms with E-state index in [4.69, 9.17) is 5.26 Å². The molecule has 0 spiro atoms. The molecule has 0 aliphatic carbocycles. The van der Waals surface area contributed by atoms with Gasteiger partial charge in [-0.1, -0.05) is 25.7 Å². The molecule has 0 aromatic rings. The van der Waals surface area contributed by atoms with Crippen LogP contribution >= 0.6 is 0 Å². The van der Waals surface area contributed by atoms with Crippen molar-refractivity contribution in [2.45, 2.75) is 51.6 Å². The van der Waals surface area contributed by atoms with E-state index in [1.807, 2.05) is 0 Å². The zero-order valence-electron chi connectivity index (χ0n) is 8.61. The Morgan fingerprint density at radius 3 is 2.43 bits per heavy atom. The van der Waals surface area contributed by atoms with Gasteiger partial charge in [-0.25, -0.2) is 15.3 Å². The predicted octanol–water partition coefficient (Wildman–Crippen LogP) is 2.50. The Morgan fingerprint density at radius 1 is 1.14 bits per heavy atom. The molecule has 0 fully saturated rings. The van der Waals surface area contributed by atoms with Crippen LogP contribution in [-0.4, -0.2) is 18.0 Å². The van der Waals surface area contributed by atoms with Crippen LogP contribution in [0.2, 0.25) is 0 Å². The fourth-order valence-electron chi connectivity index (χ4n) is 1.18. The number of rotatable bonds is 10. The van der Waals surface area contributed by atoms with E-state index in [0.29, 0.717) is 6.61 Å². The number of hydrogen-bond acceptors (Lipinski definition) is 4. The fraction of sp³-hybridized carbons (Fsp3) is 1.00. The van der Waals surface area contributed by atoms with Gasteiger partial charge in [-0.2, -0.15) is 0 Å². The summed E-state index contributed by atoms with van der Waals surface area (Å²) in [6, 6.07) is 0. The van der Waals surface area contributed by atoms with Crippen molar-refractivity contribution in [3.63, 3.8) is 0 Å². The van der Waals surface area contributed by atoms with Gasteiger partial charge >= 0.3 is 0 Å². The normalized spacial score (nSPS) is 13.1. The van der Waals surface area contributed by atoms with Crippen LogP contribution in [-0.2, 0) is 20.1 Å². The molecule has 5 nitrogen and oxygen atoms in total. The highest BCUT2D eigenvalue weighted by Crippen LogP contribution is 2.07. The van der Waals surface area contributed by atoms with Crippen molar-refractivity contribution in [1.82, 2.24) is 0 Å². The van der Waals surface area contributed by atoms with E-state index in [-0.39, 0.29) is 0 Å². The first-order valence-corrected chi connectivity index (χ1v) is 5.03. The maximum atomic E-state index is 10.7. The SMILES string of the molecule is CC([O])CCCCCCCOOOO. The average molecular weight is 207 g/mol. The Bertz CT molecular complexity index is 107. The molecule has 85 valence electrons. The Kier molecular flexibility index (Phi) is 10.7. The maximum Gasteiger partial charge on any atom is 0.0902 e. The van der Waals surface area contributed by atoms with E-state index in [0.717, 1.165) is 38.5 Å². The summed E-state index contributed by atoms with van der Waals surface area (Å²) in [4.78, 5) is 4.41. The average Bonchev–Trinajstić information content (AvgIpc) is 2.15. The molecule has 1 atom stereocenters. The van der Waals surface area contributed by atoms with E-state index < -0.39 is 6.10 Å². The minimum absolute atomic E-state index is 0.401. The second-order valence-corrected chi connectivity index (χ2v) is 3.33. The highest BCUT2D eigenvalue weighted by Gasteiger charge is 1.97. The molecule has 0 saturated heterocycles. The van der Waals surface area contributed by atoms with Crippen LogP contribution in [0, 0.1) is 0 Å². The molecular weight excluding hydrogens is 188 g/mol. The lowest BCUT2D eigenvalue weighted by Crippen LogP contribution is -1.97. The third kappa shape index (κ3) is 11.8. The Morgan fingerprint density at radius 2 is 1.79 bits per heavy atom. The summed E-state index contributed by atoms with van der Waals surface area (Å²) >= 11 is 0. The van der Waals surface area contributed by atoms with Crippen LogP contribution in [0.25, 0.3) is 0 Å². The minimum Gasteiger partial charge on any atom is -0.233 e. The van der Waals surface area contributed by atoms with Crippen molar-refractivity contribution in [3.05, 3.63) is 0 Å². The van der Waals surface area contributed by atoms with E-state index in [2.05, 4.69) is 15.0 Å². The van der Waals surface area contributed by atoms with Gasteiger partial charge in [0.05, 0.1) is 12.7 Å². The Labute approximate surface area is 84.4 Å². The molecule has 0 aromatic carbocycles. The molecule has 1 N–H and O–H groups in total. The van der Waals surface area contributed by atoms with Gasteiger partial charge < -0.3 is 0 Å². The molecule has 0 bridgehead atoms. The van der Waals surface area contributed by atoms with Crippen LogP contribution in [0.3, 0.4) is 0 Å². The van der Waals surface area contributed by atoms with Gasteiger partial charge in [-0.15, -0.1) is 0 Å². The molecule has 0 saturated carbocycles. The van der Waals surface area contributed by atoms with Crippen LogP contribution in [0.5, 0.6) is 0 Å². The molecule has 0 rings (SSSR count). The van der Waals surface area contributed by atoms with Gasteiger partial charge in [0, 0.05) is 0 Å². The Balaban J connectivity index is 2.85. The lowest BCUT2D eigenvalue weighted by molar-refractivity contribution is -0.623. The maximum absolute atomic E-state index is 10.7. The first kappa shape index (κ1) is 13.8. The number of hydrogen-bond donors (Lipinski definition) is 1. The lowest BCUT2D eigenvalue weighted by Gasteiger charge is -2.02. The quantitative estimate of drug-likeness (QED) is 0.339. The standard InChI is InChI=1S/C9H19O5/c1-9(10)7-5-3-2-4-6-8-12-14-13-11/h9,11H,2-8H2,1H3. The minimum atomic E-state index is -0.437. The third-order valence-electron chi connectivity index (χ3n) is 1.92. The van der Waals surface area contributed by atoms with E-state index in [1.165, 1.54) is 0 Å². The second kappa shape index (κ2) is 10.9. The van der Waals surface area contributed by atoms with Gasteiger partial charge in [-0.05, 0) is 29.8 Å². The van der Waals surface area contributed by atoms with Crippen LogP contribution < -0.4 is 0 Å². The first-order valence-electron chi connectivity index (χ1n) is 5.03. The number of unbranched alkanes of at least 4 members (excludes halogenated alkanes) is 4. The topological polar surface area (TPSA) is 67.8 Å². The van der Waals surface area contributed by atoms with Crippen molar-refractivity contribution in [3.8, 4) is 0 Å². The van der Waals surface area contributed by atoms with Crippen molar-refractivity contribution in [2.75, 3.05) is 6.61 Å². The summed E-state index contributed by atoms with van der Waals surface area (Å²) in [6.07, 6.45) is 5.39. The lowest BCUT2D eigenvalue weighted by atomic mass is 10.1. The highest BCUT2D eigenvalue weighted by molar-refractivity contribution is 4.48. The van der Waals surface area contributed by atoms with E-state index >= 15 is 0 Å². The molecule has 0 amide bonds. The van der Waals surface area contributed by atoms with Crippen LogP contribution in [0.15, 0.2) is 0 Å². The van der Waals surface area contributed by atoms with Crippen LogP contribution in [0.1, 0.15) is 45.4 Å².